The van der Waals surface area contributed by atoms with Gasteiger partial charge in [-0.25, -0.2) is 9.48 Å². The number of esters is 1. The fraction of sp³-hybridized carbons (Fsp3) is 0.167. The van der Waals surface area contributed by atoms with Crippen molar-refractivity contribution in [1.82, 2.24) is 19.6 Å². The third-order valence-electron chi connectivity index (χ3n) is 3.67. The second kappa shape index (κ2) is 6.05. The Morgan fingerprint density at radius 3 is 2.67 bits per heavy atom. The lowest BCUT2D eigenvalue weighted by Crippen LogP contribution is -2.05. The molecule has 0 saturated carbocycles. The van der Waals surface area contributed by atoms with Crippen molar-refractivity contribution >= 4 is 5.97 Å². The van der Waals surface area contributed by atoms with Crippen molar-refractivity contribution in [3.05, 3.63) is 53.6 Å². The van der Waals surface area contributed by atoms with Crippen LogP contribution in [0.3, 0.4) is 0 Å². The monoisotopic (exact) mass is 320 g/mol. The molecule has 0 aliphatic rings. The number of ether oxygens (including phenoxy) is 1. The molecule has 1 aromatic carbocycles. The van der Waals surface area contributed by atoms with Crippen molar-refractivity contribution in [1.29, 1.82) is 0 Å². The molecular formula is C18H16N4O2. The molecule has 2 heterocycles. The van der Waals surface area contributed by atoms with E-state index in [4.69, 9.17) is 11.2 Å². The first-order chi connectivity index (χ1) is 11.5. The summed E-state index contributed by atoms with van der Waals surface area (Å²) in [5, 5.41) is 8.71. The molecule has 3 rings (SSSR count). The molecule has 0 radical (unpaired) electrons. The topological polar surface area (TPSA) is 61.9 Å². The third-order valence-corrected chi connectivity index (χ3v) is 3.67. The first kappa shape index (κ1) is 15.6. The fourth-order valence-electron chi connectivity index (χ4n) is 2.55. The van der Waals surface area contributed by atoms with Crippen LogP contribution in [0, 0.1) is 19.3 Å². The second-order valence-electron chi connectivity index (χ2n) is 5.32. The van der Waals surface area contributed by atoms with Crippen LogP contribution in [-0.2, 0) is 11.8 Å². The summed E-state index contributed by atoms with van der Waals surface area (Å²) >= 11 is 0. The largest absolute Gasteiger partial charge is 0.464 e. The van der Waals surface area contributed by atoms with E-state index in [9.17, 15) is 4.79 Å². The SMILES string of the molecule is C#Cc1cccc(-n2cc(-c3cn(C)nc3C)c(C(=O)OC)n2)c1. The van der Waals surface area contributed by atoms with Gasteiger partial charge in [-0.2, -0.15) is 10.2 Å². The van der Waals surface area contributed by atoms with Crippen LogP contribution in [0.1, 0.15) is 21.7 Å². The number of methoxy groups -OCH3 is 1. The number of carbonyl (C=O) groups is 1. The number of nitrogens with zero attached hydrogens (tertiary/aromatic N) is 4. The van der Waals surface area contributed by atoms with E-state index in [1.54, 1.807) is 15.6 Å². The predicted octanol–water partition coefficient (Wildman–Crippen LogP) is 2.35. The maximum atomic E-state index is 12.1. The number of terminal acetylenes is 1. The number of hydrogen-bond donors (Lipinski definition) is 0. The summed E-state index contributed by atoms with van der Waals surface area (Å²) in [5.74, 6) is 2.09. The minimum Gasteiger partial charge on any atom is -0.464 e. The standard InChI is InChI=1S/C18H16N4O2/c1-5-13-7-6-8-14(9-13)22-11-16(17(20-22)18(23)24-4)15-10-21(3)19-12(15)2/h1,6-11H,2-4H3. The van der Waals surface area contributed by atoms with E-state index in [0.29, 0.717) is 5.56 Å². The van der Waals surface area contributed by atoms with Gasteiger partial charge in [0, 0.05) is 36.1 Å². The van der Waals surface area contributed by atoms with Gasteiger partial charge < -0.3 is 4.74 Å². The Labute approximate surface area is 139 Å². The molecule has 6 heteroatoms. The van der Waals surface area contributed by atoms with Crippen molar-refractivity contribution < 1.29 is 9.53 Å². The maximum absolute atomic E-state index is 12.1. The summed E-state index contributed by atoms with van der Waals surface area (Å²) in [7, 11) is 3.16. The van der Waals surface area contributed by atoms with E-state index in [1.165, 1.54) is 7.11 Å². The van der Waals surface area contributed by atoms with E-state index in [-0.39, 0.29) is 5.69 Å². The van der Waals surface area contributed by atoms with Gasteiger partial charge in [-0.15, -0.1) is 6.42 Å². The lowest BCUT2D eigenvalue weighted by Gasteiger charge is -2.01. The summed E-state index contributed by atoms with van der Waals surface area (Å²) in [4.78, 5) is 12.1. The first-order valence-electron chi connectivity index (χ1n) is 7.29. The Morgan fingerprint density at radius 1 is 1.25 bits per heavy atom. The Morgan fingerprint density at radius 2 is 2.04 bits per heavy atom. The highest BCUT2D eigenvalue weighted by Gasteiger charge is 2.22. The summed E-state index contributed by atoms with van der Waals surface area (Å²) in [6, 6.07) is 7.38. The quantitative estimate of drug-likeness (QED) is 0.549. The molecule has 0 unspecified atom stereocenters. The highest BCUT2D eigenvalue weighted by Crippen LogP contribution is 2.27. The molecule has 3 aromatic rings. The fourth-order valence-corrected chi connectivity index (χ4v) is 2.55. The summed E-state index contributed by atoms with van der Waals surface area (Å²) in [5.41, 5.74) is 4.04. The molecule has 0 aliphatic carbocycles. The molecule has 0 amide bonds. The summed E-state index contributed by atoms with van der Waals surface area (Å²) < 4.78 is 8.18. The van der Waals surface area contributed by atoms with Crippen molar-refractivity contribution in [3.63, 3.8) is 0 Å². The lowest BCUT2D eigenvalue weighted by atomic mass is 10.1. The van der Waals surface area contributed by atoms with Crippen LogP contribution in [0.4, 0.5) is 0 Å². The number of aromatic nitrogens is 4. The molecular weight excluding hydrogens is 304 g/mol. The molecule has 0 saturated heterocycles. The van der Waals surface area contributed by atoms with Gasteiger partial charge in [0.25, 0.3) is 0 Å². The third kappa shape index (κ3) is 2.68. The summed E-state index contributed by atoms with van der Waals surface area (Å²) in [6.45, 7) is 1.88. The number of benzene rings is 1. The molecule has 24 heavy (non-hydrogen) atoms. The Balaban J connectivity index is 2.18. The second-order valence-corrected chi connectivity index (χ2v) is 5.32. The highest BCUT2D eigenvalue weighted by molar-refractivity contribution is 5.95. The predicted molar refractivity (Wildman–Crippen MR) is 89.8 cm³/mol. The van der Waals surface area contributed by atoms with Gasteiger partial charge in [-0.05, 0) is 25.1 Å². The maximum Gasteiger partial charge on any atom is 0.359 e. The van der Waals surface area contributed by atoms with E-state index in [0.717, 1.165) is 22.5 Å². The summed E-state index contributed by atoms with van der Waals surface area (Å²) in [6.07, 6.45) is 9.08. The van der Waals surface area contributed by atoms with E-state index in [2.05, 4.69) is 16.1 Å². The van der Waals surface area contributed by atoms with Crippen molar-refractivity contribution in [2.75, 3.05) is 7.11 Å². The van der Waals surface area contributed by atoms with Gasteiger partial charge in [0.1, 0.15) is 0 Å². The van der Waals surface area contributed by atoms with Crippen molar-refractivity contribution in [2.45, 2.75) is 6.92 Å². The van der Waals surface area contributed by atoms with Crippen LogP contribution in [0.2, 0.25) is 0 Å². The van der Waals surface area contributed by atoms with Crippen molar-refractivity contribution in [2.24, 2.45) is 7.05 Å². The van der Waals surface area contributed by atoms with Crippen LogP contribution < -0.4 is 0 Å². The van der Waals surface area contributed by atoms with Crippen LogP contribution in [0.15, 0.2) is 36.7 Å². The van der Waals surface area contributed by atoms with Crippen LogP contribution in [0.5, 0.6) is 0 Å². The van der Waals surface area contributed by atoms with E-state index >= 15 is 0 Å². The van der Waals surface area contributed by atoms with Gasteiger partial charge in [0.15, 0.2) is 5.69 Å². The number of hydrogen-bond acceptors (Lipinski definition) is 4. The highest BCUT2D eigenvalue weighted by atomic mass is 16.5. The molecule has 6 nitrogen and oxygen atoms in total. The normalized spacial score (nSPS) is 10.4. The molecule has 0 spiro atoms. The smallest absolute Gasteiger partial charge is 0.359 e. The Hall–Kier alpha value is -3.33. The number of carbonyl (C=O) groups excluding carboxylic acids is 1. The molecule has 120 valence electrons. The van der Waals surface area contributed by atoms with Gasteiger partial charge in [-0.1, -0.05) is 12.0 Å². The zero-order chi connectivity index (χ0) is 17.3. The number of rotatable bonds is 3. The Bertz CT molecular complexity index is 960. The molecule has 0 fully saturated rings. The molecule has 0 atom stereocenters. The van der Waals surface area contributed by atoms with Crippen molar-refractivity contribution in [3.8, 4) is 29.2 Å². The van der Waals surface area contributed by atoms with Gasteiger partial charge >= 0.3 is 5.97 Å². The molecule has 0 N–H and O–H groups in total. The van der Waals surface area contributed by atoms with E-state index < -0.39 is 5.97 Å². The lowest BCUT2D eigenvalue weighted by molar-refractivity contribution is 0.0594. The van der Waals surface area contributed by atoms with E-state index in [1.807, 2.05) is 44.4 Å². The average molecular weight is 320 g/mol. The minimum atomic E-state index is -0.500. The molecule has 0 aliphatic heterocycles. The van der Waals surface area contributed by atoms with Crippen LogP contribution in [-0.4, -0.2) is 32.6 Å². The number of aryl methyl sites for hydroxylation is 2. The van der Waals surface area contributed by atoms with Gasteiger partial charge in [0.05, 0.1) is 18.5 Å². The average Bonchev–Trinajstić information content (AvgIpc) is 3.17. The van der Waals surface area contributed by atoms with Gasteiger partial charge in [-0.3, -0.25) is 4.68 Å². The molecule has 0 bridgehead atoms. The minimum absolute atomic E-state index is 0.236. The zero-order valence-corrected chi connectivity index (χ0v) is 13.6. The van der Waals surface area contributed by atoms with Crippen LogP contribution in [0.25, 0.3) is 16.8 Å². The first-order valence-corrected chi connectivity index (χ1v) is 7.29. The van der Waals surface area contributed by atoms with Crippen LogP contribution >= 0.6 is 0 Å². The van der Waals surface area contributed by atoms with Gasteiger partial charge in [0.2, 0.25) is 0 Å². The molecule has 2 aromatic heterocycles. The Kier molecular flexibility index (Phi) is 3.92. The zero-order valence-electron chi connectivity index (χ0n) is 13.6.